The Bertz CT molecular complexity index is 864. The summed E-state index contributed by atoms with van der Waals surface area (Å²) in [5, 5.41) is 10.6. The van der Waals surface area contributed by atoms with Crippen LogP contribution in [-0.4, -0.2) is 68.9 Å². The van der Waals surface area contributed by atoms with Gasteiger partial charge in [0.15, 0.2) is 0 Å². The van der Waals surface area contributed by atoms with Crippen molar-refractivity contribution in [1.29, 1.82) is 0 Å². The summed E-state index contributed by atoms with van der Waals surface area (Å²) in [5.74, 6) is 0.248. The molecule has 0 unspecified atom stereocenters. The molecular formula is C22H28N4O4S. The molecule has 8 nitrogen and oxygen atoms in total. The Balaban J connectivity index is 1.31. The minimum absolute atomic E-state index is 0.163. The molecule has 2 fully saturated rings. The Morgan fingerprint density at radius 3 is 2.58 bits per heavy atom. The van der Waals surface area contributed by atoms with E-state index in [9.17, 15) is 9.59 Å². The lowest BCUT2D eigenvalue weighted by atomic mass is 9.97. The Morgan fingerprint density at radius 1 is 1.06 bits per heavy atom. The smallest absolute Gasteiger partial charge is 0.319 e. The quantitative estimate of drug-likeness (QED) is 0.611. The minimum Gasteiger partial charge on any atom is -0.381 e. The van der Waals surface area contributed by atoms with E-state index in [1.807, 2.05) is 11.4 Å². The molecule has 0 aliphatic carbocycles. The van der Waals surface area contributed by atoms with Crippen molar-refractivity contribution in [2.75, 3.05) is 56.7 Å². The number of amides is 3. The maximum Gasteiger partial charge on any atom is 0.319 e. The molecule has 0 radical (unpaired) electrons. The molecule has 3 N–H and O–H groups in total. The summed E-state index contributed by atoms with van der Waals surface area (Å²) in [7, 11) is 0. The first kappa shape index (κ1) is 21.8. The van der Waals surface area contributed by atoms with Crippen molar-refractivity contribution in [3.05, 3.63) is 46.7 Å². The minimum atomic E-state index is -0.265. The van der Waals surface area contributed by atoms with E-state index in [0.29, 0.717) is 28.7 Å². The summed E-state index contributed by atoms with van der Waals surface area (Å²) in [5.41, 5.74) is 1.25. The molecule has 9 heteroatoms. The molecular weight excluding hydrogens is 416 g/mol. The van der Waals surface area contributed by atoms with Gasteiger partial charge in [0.25, 0.3) is 5.91 Å². The highest BCUT2D eigenvalue weighted by Gasteiger charge is 2.31. The van der Waals surface area contributed by atoms with Crippen molar-refractivity contribution in [3.8, 4) is 0 Å². The van der Waals surface area contributed by atoms with Gasteiger partial charge in [0.2, 0.25) is 0 Å². The van der Waals surface area contributed by atoms with Crippen molar-refractivity contribution in [2.24, 2.45) is 5.92 Å². The van der Waals surface area contributed by atoms with Gasteiger partial charge in [-0.2, -0.15) is 0 Å². The lowest BCUT2D eigenvalue weighted by molar-refractivity contribution is 0.00222. The molecule has 0 saturated carbocycles. The molecule has 1 aromatic heterocycles. The van der Waals surface area contributed by atoms with E-state index < -0.39 is 0 Å². The second kappa shape index (κ2) is 10.7. The van der Waals surface area contributed by atoms with Crippen LogP contribution in [0.2, 0.25) is 0 Å². The molecule has 2 saturated heterocycles. The molecule has 3 amide bonds. The highest BCUT2D eigenvalue weighted by atomic mass is 32.1. The van der Waals surface area contributed by atoms with Gasteiger partial charge in [-0.3, -0.25) is 9.69 Å². The monoisotopic (exact) mass is 444 g/mol. The molecule has 0 bridgehead atoms. The predicted molar refractivity (Wildman–Crippen MR) is 121 cm³/mol. The molecule has 166 valence electrons. The molecule has 1 aromatic carbocycles. The van der Waals surface area contributed by atoms with Crippen molar-refractivity contribution in [1.82, 2.24) is 10.2 Å². The van der Waals surface area contributed by atoms with E-state index in [1.165, 1.54) is 11.3 Å². The van der Waals surface area contributed by atoms with Crippen LogP contribution in [0.4, 0.5) is 16.2 Å². The van der Waals surface area contributed by atoms with E-state index in [-0.39, 0.29) is 18.0 Å². The zero-order valence-electron chi connectivity index (χ0n) is 17.3. The summed E-state index contributed by atoms with van der Waals surface area (Å²) >= 11 is 1.38. The molecule has 2 atom stereocenters. The Hall–Kier alpha value is -2.46. The van der Waals surface area contributed by atoms with E-state index in [4.69, 9.17) is 9.47 Å². The van der Waals surface area contributed by atoms with Crippen LogP contribution in [0.5, 0.6) is 0 Å². The lowest BCUT2D eigenvalue weighted by Crippen LogP contribution is -2.52. The van der Waals surface area contributed by atoms with Crippen molar-refractivity contribution in [2.45, 2.75) is 12.5 Å². The number of rotatable bonds is 7. The van der Waals surface area contributed by atoms with Crippen LogP contribution in [0.15, 0.2) is 41.8 Å². The van der Waals surface area contributed by atoms with Gasteiger partial charge in [0, 0.05) is 49.6 Å². The second-order valence-corrected chi connectivity index (χ2v) is 8.63. The van der Waals surface area contributed by atoms with Crippen LogP contribution in [0.25, 0.3) is 0 Å². The number of carbonyl (C=O) groups is 2. The third-order valence-electron chi connectivity index (χ3n) is 5.62. The number of morpholine rings is 1. The average molecular weight is 445 g/mol. The second-order valence-electron chi connectivity index (χ2n) is 7.69. The number of carbonyl (C=O) groups excluding carboxylic acids is 2. The van der Waals surface area contributed by atoms with Crippen LogP contribution < -0.4 is 16.0 Å². The van der Waals surface area contributed by atoms with Crippen LogP contribution >= 0.6 is 11.3 Å². The summed E-state index contributed by atoms with van der Waals surface area (Å²) in [4.78, 5) is 27.8. The predicted octanol–water partition coefficient (Wildman–Crippen LogP) is 2.86. The van der Waals surface area contributed by atoms with Gasteiger partial charge in [0.1, 0.15) is 0 Å². The Labute approximate surface area is 185 Å². The topological polar surface area (TPSA) is 91.9 Å². The largest absolute Gasteiger partial charge is 0.381 e. The zero-order chi connectivity index (χ0) is 21.5. The molecule has 2 aromatic rings. The van der Waals surface area contributed by atoms with E-state index in [0.717, 1.165) is 45.9 Å². The number of ether oxygens (including phenoxy) is 2. The molecule has 2 aliphatic heterocycles. The molecule has 0 spiro atoms. The van der Waals surface area contributed by atoms with E-state index in [2.05, 4.69) is 20.9 Å². The third kappa shape index (κ3) is 6.04. The van der Waals surface area contributed by atoms with E-state index in [1.54, 1.807) is 30.3 Å². The number of anilines is 2. The third-order valence-corrected chi connectivity index (χ3v) is 6.49. The Morgan fingerprint density at radius 2 is 1.87 bits per heavy atom. The first-order valence-corrected chi connectivity index (χ1v) is 11.5. The van der Waals surface area contributed by atoms with Gasteiger partial charge in [-0.1, -0.05) is 12.1 Å². The average Bonchev–Trinajstić information content (AvgIpc) is 3.50. The van der Waals surface area contributed by atoms with Gasteiger partial charge in [-0.25, -0.2) is 4.79 Å². The fourth-order valence-corrected chi connectivity index (χ4v) is 4.63. The van der Waals surface area contributed by atoms with Crippen LogP contribution in [-0.2, 0) is 9.47 Å². The zero-order valence-corrected chi connectivity index (χ0v) is 18.2. The van der Waals surface area contributed by atoms with Gasteiger partial charge < -0.3 is 25.4 Å². The number of nitrogens with one attached hydrogen (secondary N) is 3. The highest BCUT2D eigenvalue weighted by Crippen LogP contribution is 2.22. The molecule has 4 rings (SSSR count). The summed E-state index contributed by atoms with van der Waals surface area (Å²) in [6, 6.07) is 10.7. The fourth-order valence-electron chi connectivity index (χ4n) is 4.01. The fraction of sp³-hybridized carbons (Fsp3) is 0.455. The molecule has 31 heavy (non-hydrogen) atoms. The van der Waals surface area contributed by atoms with Gasteiger partial charge in [0.05, 0.1) is 24.7 Å². The lowest BCUT2D eigenvalue weighted by Gasteiger charge is -2.37. The first-order chi connectivity index (χ1) is 15.2. The highest BCUT2D eigenvalue weighted by molar-refractivity contribution is 7.12. The number of urea groups is 1. The van der Waals surface area contributed by atoms with Crippen molar-refractivity contribution >= 4 is 34.6 Å². The summed E-state index contributed by atoms with van der Waals surface area (Å²) < 4.78 is 11.1. The maximum atomic E-state index is 12.6. The Kier molecular flexibility index (Phi) is 7.52. The molecule has 3 heterocycles. The number of hydrogen-bond donors (Lipinski definition) is 3. The number of thiophene rings is 1. The number of hydrogen-bond acceptors (Lipinski definition) is 6. The van der Waals surface area contributed by atoms with Crippen LogP contribution in [0.3, 0.4) is 0 Å². The molecule has 2 aliphatic rings. The van der Waals surface area contributed by atoms with Gasteiger partial charge in [-0.05, 0) is 36.1 Å². The van der Waals surface area contributed by atoms with Gasteiger partial charge >= 0.3 is 6.03 Å². The van der Waals surface area contributed by atoms with Crippen LogP contribution in [0, 0.1) is 5.92 Å². The normalized spacial score (nSPS) is 20.2. The first-order valence-electron chi connectivity index (χ1n) is 10.6. The summed E-state index contributed by atoms with van der Waals surface area (Å²) in [6.07, 6.45) is 1.01. The maximum absolute atomic E-state index is 12.6. The van der Waals surface area contributed by atoms with Crippen molar-refractivity contribution in [3.63, 3.8) is 0 Å². The van der Waals surface area contributed by atoms with Crippen LogP contribution in [0.1, 0.15) is 16.1 Å². The summed E-state index contributed by atoms with van der Waals surface area (Å²) in [6.45, 7) is 5.25. The van der Waals surface area contributed by atoms with Crippen molar-refractivity contribution < 1.29 is 19.1 Å². The SMILES string of the molecule is O=C(NC[C@@H]([C@@H]1CCOC1)N1CCOCC1)Nc1cccc(NC(=O)c2cccs2)c1. The number of benzene rings is 1. The van der Waals surface area contributed by atoms with E-state index >= 15 is 0 Å². The number of nitrogens with zero attached hydrogens (tertiary/aromatic N) is 1. The van der Waals surface area contributed by atoms with Gasteiger partial charge in [-0.15, -0.1) is 11.3 Å². The standard InChI is InChI=1S/C22H28N4O4S/c27-21(20-5-2-12-31-20)24-17-3-1-4-18(13-17)25-22(28)23-14-19(16-6-9-30-15-16)26-7-10-29-11-8-26/h1-5,12-13,16,19H,6-11,14-15H2,(H,24,27)(H2,23,25,28)/t16-,19+/m1/s1.